The minimum Gasteiger partial charge on any atom is -0.691 e. The number of hydrogen-bond donors (Lipinski definition) is 0. The number of unbranched alkanes of at least 4 members (excludes halogenated alkanes) is 12. The van der Waals surface area contributed by atoms with E-state index in [-0.39, 0.29) is 21.1 Å². The summed E-state index contributed by atoms with van der Waals surface area (Å²) in [6.07, 6.45) is 25.2. The Hall–Kier alpha value is 6.23. The molecule has 0 saturated heterocycles. The fourth-order valence-electron chi connectivity index (χ4n) is 4.07. The molecule has 0 fully saturated rings. The Morgan fingerprint density at radius 2 is 0.272 bits per heavy atom. The van der Waals surface area contributed by atoms with Gasteiger partial charge >= 0.3 is 21.1 Å². The summed E-state index contributed by atoms with van der Waals surface area (Å²) in [5.41, 5.74) is -14.0. The van der Waals surface area contributed by atoms with Crippen LogP contribution in [-0.2, 0) is 232 Å². The van der Waals surface area contributed by atoms with E-state index >= 15 is 0 Å². The van der Waals surface area contributed by atoms with Crippen LogP contribution >= 0.6 is 34.2 Å². The molecular formula is C48H108MoO13P6S13. The Balaban J connectivity index is -0.000000130. The predicted octanol–water partition coefficient (Wildman–Crippen LogP) is 20.0. The quantitative estimate of drug-likeness (QED) is 0.0248. The molecule has 0 saturated carbocycles. The first-order valence-electron chi connectivity index (χ1n) is 28.5. The van der Waals surface area contributed by atoms with E-state index in [4.69, 9.17) is 203 Å². The van der Waals surface area contributed by atoms with Crippen LogP contribution in [-0.4, -0.2) is 83.5 Å². The van der Waals surface area contributed by atoms with Crippen LogP contribution in [0.5, 0.6) is 0 Å². The van der Waals surface area contributed by atoms with Crippen LogP contribution in [0.15, 0.2) is 0 Å². The van der Waals surface area contributed by atoms with Crippen molar-refractivity contribution < 1.29 is 79.6 Å². The molecule has 0 amide bonds. The van der Waals surface area contributed by atoms with Gasteiger partial charge in [0.2, 0.25) is 0 Å². The summed E-state index contributed by atoms with van der Waals surface area (Å²) in [7, 11) is 0. The second-order valence-corrected chi connectivity index (χ2v) is 46.9. The minimum atomic E-state index is -2.34. The Morgan fingerprint density at radius 3 is 0.321 bits per heavy atom. The van der Waals surface area contributed by atoms with Gasteiger partial charge in [0, 0.05) is 0 Å². The Morgan fingerprint density at radius 1 is 0.210 bits per heavy atom. The molecule has 0 aromatic heterocycles. The molecule has 81 heavy (non-hydrogen) atoms. The molecule has 0 bridgehead atoms. The SMILES string of the molecule is CCCCOP(=S)([S-])OCCCC.CCCCOP(=S)([S-])OCCCC.CCCCOP(=S)([S-])OCCCC.CCCCOP(=S)([S-])OCCCC.CCCCOP(=S)([S-])OCCCC.CCCCOP(=S)([S-])OCCCC.O=S.[Mo+6]. The number of hydrogen-bond acceptors (Lipinski definition) is 26. The zero-order valence-electron chi connectivity index (χ0n) is 51.2. The van der Waals surface area contributed by atoms with Crippen LogP contribution in [0.25, 0.3) is 0 Å². The van der Waals surface area contributed by atoms with Crippen molar-refractivity contribution in [1.82, 2.24) is 0 Å². The molecule has 0 rings (SSSR count). The third kappa shape index (κ3) is 100.0. The first-order chi connectivity index (χ1) is 37.7. The zero-order chi connectivity index (χ0) is 62.9. The van der Waals surface area contributed by atoms with Crippen molar-refractivity contribution in [3.05, 3.63) is 0 Å². The summed E-state index contributed by atoms with van der Waals surface area (Å²) in [6, 6.07) is 0. The molecule has 0 N–H and O–H groups in total. The molecule has 0 atom stereocenters. The zero-order valence-corrected chi connectivity index (χ0v) is 69.1. The normalized spacial score (nSPS) is 11.5. The van der Waals surface area contributed by atoms with Crippen molar-refractivity contribution in [3.63, 3.8) is 0 Å². The summed E-state index contributed by atoms with van der Waals surface area (Å²) >= 11 is 63.5. The standard InChI is InChI=1S/6C8H19O2PS2.Mo.OS/c6*1-3-5-7-9-11(12,13)10-8-6-4-2;;1-2/h6*3-8H2,1-2H3,(H,12,13);;/q;;;;;;+6;/p-6. The van der Waals surface area contributed by atoms with E-state index in [1.54, 1.807) is 0 Å². The smallest absolute Gasteiger partial charge is 0.691 e. The summed E-state index contributed by atoms with van der Waals surface area (Å²) in [4.78, 5) is 0. The van der Waals surface area contributed by atoms with Gasteiger partial charge in [-0.1, -0.05) is 231 Å². The molecule has 0 aliphatic heterocycles. The Labute approximate surface area is 580 Å². The van der Waals surface area contributed by atoms with Crippen LogP contribution in [0.3, 0.4) is 0 Å². The Kier molecular flexibility index (Phi) is 98.1. The van der Waals surface area contributed by atoms with Gasteiger partial charge in [0.05, 0.1) is 113 Å². The van der Waals surface area contributed by atoms with Crippen molar-refractivity contribution in [2.75, 3.05) is 79.3 Å². The first-order valence-corrected chi connectivity index (χ1v) is 50.7. The molecular weight excluding hydrogens is 1480 g/mol. The van der Waals surface area contributed by atoms with Gasteiger partial charge in [-0.25, -0.2) is 0 Å². The molecule has 0 aromatic carbocycles. The molecule has 0 spiro atoms. The third-order valence-corrected chi connectivity index (χ3v) is 22.5. The van der Waals surface area contributed by atoms with E-state index < -0.39 is 34.2 Å². The summed E-state index contributed by atoms with van der Waals surface area (Å²) in [5, 5.41) is 0. The average molecular weight is 1590 g/mol. The predicted molar refractivity (Wildman–Crippen MR) is 388 cm³/mol. The maximum Gasteiger partial charge on any atom is 6.00 e. The summed E-state index contributed by atoms with van der Waals surface area (Å²) in [6.45, 7) is 33.0. The minimum absolute atomic E-state index is 0. The maximum atomic E-state index is 7.83. The van der Waals surface area contributed by atoms with Gasteiger partial charge in [-0.3, -0.25) is 0 Å². The van der Waals surface area contributed by atoms with Gasteiger partial charge in [0.15, 0.2) is 12.5 Å². The van der Waals surface area contributed by atoms with Gasteiger partial charge in [-0.05, 0) is 77.0 Å². The van der Waals surface area contributed by atoms with Crippen molar-refractivity contribution in [2.45, 2.75) is 237 Å². The van der Waals surface area contributed by atoms with Crippen LogP contribution in [0.2, 0.25) is 0 Å². The van der Waals surface area contributed by atoms with E-state index in [2.05, 4.69) is 95.6 Å². The van der Waals surface area contributed by atoms with Gasteiger partial charge in [0.1, 0.15) is 0 Å². The van der Waals surface area contributed by atoms with Crippen molar-refractivity contribution in [3.8, 4) is 0 Å². The fraction of sp³-hybridized carbons (Fsp3) is 1.00. The van der Waals surface area contributed by atoms with Crippen LogP contribution in [0.1, 0.15) is 237 Å². The summed E-state index contributed by atoms with van der Waals surface area (Å²) in [5.74, 6) is 0. The van der Waals surface area contributed by atoms with Crippen LogP contribution < -0.4 is 0 Å². The van der Waals surface area contributed by atoms with E-state index in [1.165, 1.54) is 0 Å². The van der Waals surface area contributed by atoms with E-state index in [0.29, 0.717) is 79.3 Å². The van der Waals surface area contributed by atoms with E-state index in [1.807, 2.05) is 0 Å². The molecule has 0 radical (unpaired) electrons. The molecule has 0 aliphatic carbocycles. The van der Waals surface area contributed by atoms with Crippen molar-refractivity contribution in [1.29, 1.82) is 0 Å². The van der Waals surface area contributed by atoms with E-state index in [0.717, 1.165) is 154 Å². The second-order valence-electron chi connectivity index (χ2n) is 16.9. The molecule has 0 aliphatic rings. The third-order valence-electron chi connectivity index (χ3n) is 8.97. The monoisotopic (exact) mass is 1590 g/mol. The maximum absolute atomic E-state index is 7.83. The number of rotatable bonds is 48. The largest absolute Gasteiger partial charge is 6.00 e. The molecule has 492 valence electrons. The molecule has 0 unspecified atom stereocenters. The molecule has 13 nitrogen and oxygen atoms in total. The van der Waals surface area contributed by atoms with Gasteiger partial charge in [0.25, 0.3) is 0 Å². The molecule has 33 heteroatoms. The van der Waals surface area contributed by atoms with Gasteiger partial charge in [-0.15, -0.1) is 0 Å². The topological polar surface area (TPSA) is 128 Å². The summed E-state index contributed by atoms with van der Waals surface area (Å²) < 4.78 is 71.9. The van der Waals surface area contributed by atoms with Crippen LogP contribution in [0.4, 0.5) is 0 Å². The van der Waals surface area contributed by atoms with Crippen molar-refractivity contribution >= 4 is 191 Å². The fourth-order valence-corrected chi connectivity index (χ4v) is 14.1. The average Bonchev–Trinajstić information content (AvgIpc) is 3.38. The van der Waals surface area contributed by atoms with Crippen molar-refractivity contribution in [2.24, 2.45) is 0 Å². The molecule has 0 aromatic rings. The second kappa shape index (κ2) is 76.9. The Bertz CT molecular complexity index is 1210. The van der Waals surface area contributed by atoms with Gasteiger partial charge < -0.3 is 128 Å². The first kappa shape index (κ1) is 103. The molecule has 0 heterocycles. The van der Waals surface area contributed by atoms with E-state index in [9.17, 15) is 0 Å². The van der Waals surface area contributed by atoms with Crippen LogP contribution in [0, 0.1) is 0 Å². The van der Waals surface area contributed by atoms with Gasteiger partial charge in [-0.2, -0.15) is 4.21 Å².